The zero-order chi connectivity index (χ0) is 25.5. The quantitative estimate of drug-likeness (QED) is 0.416. The average Bonchev–Trinajstić information content (AvgIpc) is 3.35. The van der Waals surface area contributed by atoms with Crippen LogP contribution in [-0.2, 0) is 16.9 Å². The topological polar surface area (TPSA) is 59.0 Å². The van der Waals surface area contributed by atoms with Crippen molar-refractivity contribution in [3.63, 3.8) is 0 Å². The lowest BCUT2D eigenvalue weighted by Crippen LogP contribution is -2.42. The van der Waals surface area contributed by atoms with Crippen molar-refractivity contribution in [1.82, 2.24) is 0 Å². The third kappa shape index (κ3) is 4.06. The van der Waals surface area contributed by atoms with Gasteiger partial charge in [0.15, 0.2) is 5.78 Å². The molecule has 2 aliphatic heterocycles. The highest BCUT2D eigenvalue weighted by molar-refractivity contribution is 6.08. The highest BCUT2D eigenvalue weighted by Crippen LogP contribution is 2.48. The fraction of sp³-hybridized carbons (Fsp3) is 0.250. The molecule has 1 atom stereocenters. The van der Waals surface area contributed by atoms with Crippen LogP contribution < -0.4 is 4.90 Å². The molecule has 0 fully saturated rings. The summed E-state index contributed by atoms with van der Waals surface area (Å²) < 4.78 is 42.7. The van der Waals surface area contributed by atoms with E-state index in [9.17, 15) is 22.8 Å². The highest BCUT2D eigenvalue weighted by atomic mass is 19.4. The van der Waals surface area contributed by atoms with Crippen molar-refractivity contribution < 1.29 is 27.6 Å². The monoisotopic (exact) mass is 492 g/mol. The number of halogens is 3. The number of hydrogen-bond acceptors (Lipinski definition) is 4. The van der Waals surface area contributed by atoms with E-state index in [-0.39, 0.29) is 23.0 Å². The summed E-state index contributed by atoms with van der Waals surface area (Å²) in [6, 6.07) is 19.4. The maximum absolute atomic E-state index is 14.2. The number of nitrogens with zero attached hydrogens (tertiary/aromatic N) is 2. The van der Waals surface area contributed by atoms with Crippen LogP contribution in [0.4, 0.5) is 18.9 Å². The molecule has 0 saturated carbocycles. The number of hydrogen-bond donors (Lipinski definition) is 0. The number of fused-ring (bicyclic) bond motifs is 1. The summed E-state index contributed by atoms with van der Waals surface area (Å²) in [7, 11) is 0. The van der Waals surface area contributed by atoms with Crippen LogP contribution in [0.5, 0.6) is 0 Å². The van der Waals surface area contributed by atoms with Gasteiger partial charge in [-0.25, -0.2) is 0 Å². The molecule has 3 aromatic carbocycles. The van der Waals surface area contributed by atoms with Crippen molar-refractivity contribution in [3.8, 4) is 0 Å². The molecule has 8 heteroatoms. The number of rotatable bonds is 4. The van der Waals surface area contributed by atoms with Gasteiger partial charge < -0.3 is 9.74 Å². The van der Waals surface area contributed by atoms with Crippen LogP contribution >= 0.6 is 0 Å². The van der Waals surface area contributed by atoms with E-state index in [2.05, 4.69) is 5.16 Å². The standard InChI is InChI=1S/C28H23F3N2O3/c1-18(34)19-12-14-23(15-13-19)27(28(29,30)31)17-24(32-36-27)20-8-10-22(11-9-20)26(35)33-16-4-6-21-5-2-3-7-25(21)33/h2-3,5,7-15H,4,6,16-17H2,1H3. The number of carbonyl (C=O) groups excluding carboxylic acids is 2. The Kier molecular flexibility index (Phi) is 5.90. The summed E-state index contributed by atoms with van der Waals surface area (Å²) in [5.74, 6) is -0.400. The van der Waals surface area contributed by atoms with E-state index in [1.807, 2.05) is 24.3 Å². The Labute approximate surface area is 206 Å². The first-order chi connectivity index (χ1) is 17.2. The van der Waals surface area contributed by atoms with Crippen LogP contribution in [0.15, 0.2) is 78.0 Å². The predicted octanol–water partition coefficient (Wildman–Crippen LogP) is 6.06. The van der Waals surface area contributed by atoms with Crippen LogP contribution in [0.2, 0.25) is 0 Å². The largest absolute Gasteiger partial charge is 0.435 e. The van der Waals surface area contributed by atoms with Crippen molar-refractivity contribution in [3.05, 3.63) is 101 Å². The van der Waals surface area contributed by atoms with E-state index in [0.29, 0.717) is 23.2 Å². The Morgan fingerprint density at radius 3 is 2.28 bits per heavy atom. The molecule has 184 valence electrons. The molecule has 0 bridgehead atoms. The van der Waals surface area contributed by atoms with Crippen molar-refractivity contribution in [2.24, 2.45) is 5.16 Å². The Morgan fingerprint density at radius 2 is 1.61 bits per heavy atom. The zero-order valence-electron chi connectivity index (χ0n) is 19.5. The third-order valence-corrected chi connectivity index (χ3v) is 6.76. The average molecular weight is 492 g/mol. The molecule has 0 N–H and O–H groups in total. The molecule has 0 aliphatic carbocycles. The van der Waals surface area contributed by atoms with Gasteiger partial charge in [0.05, 0.1) is 5.71 Å². The first kappa shape index (κ1) is 23.8. The SMILES string of the molecule is CC(=O)c1ccc(C2(C(F)(F)F)CC(c3ccc(C(=O)N4CCCc5ccccc54)cc3)=NO2)cc1. The number of ketones is 1. The number of benzene rings is 3. The Bertz CT molecular complexity index is 1350. The molecule has 3 aromatic rings. The maximum Gasteiger partial charge on any atom is 0.435 e. The molecular weight excluding hydrogens is 469 g/mol. The molecule has 2 aliphatic rings. The highest BCUT2D eigenvalue weighted by Gasteiger charge is 2.62. The number of carbonyl (C=O) groups is 2. The summed E-state index contributed by atoms with van der Waals surface area (Å²) in [5.41, 5.74) is 0.549. The molecule has 5 rings (SSSR count). The number of para-hydroxylation sites is 1. The van der Waals surface area contributed by atoms with Gasteiger partial charge in [-0.3, -0.25) is 9.59 Å². The van der Waals surface area contributed by atoms with E-state index in [1.54, 1.807) is 29.2 Å². The van der Waals surface area contributed by atoms with Gasteiger partial charge >= 0.3 is 6.18 Å². The van der Waals surface area contributed by atoms with Crippen molar-refractivity contribution in [1.29, 1.82) is 0 Å². The first-order valence-electron chi connectivity index (χ1n) is 11.6. The Hall–Kier alpha value is -3.94. The van der Waals surface area contributed by atoms with E-state index in [1.165, 1.54) is 31.2 Å². The Morgan fingerprint density at radius 1 is 0.944 bits per heavy atom. The number of Topliss-reactive ketones (excluding diaryl/α,β-unsaturated/α-hetero) is 1. The lowest BCUT2D eigenvalue weighted by Gasteiger charge is -2.29. The normalized spacial score (nSPS) is 19.3. The second-order valence-electron chi connectivity index (χ2n) is 9.03. The number of alkyl halides is 3. The van der Waals surface area contributed by atoms with E-state index >= 15 is 0 Å². The van der Waals surface area contributed by atoms with Crippen LogP contribution in [0.1, 0.15) is 57.2 Å². The van der Waals surface area contributed by atoms with E-state index in [0.717, 1.165) is 24.1 Å². The lowest BCUT2D eigenvalue weighted by molar-refractivity contribution is -0.275. The number of anilines is 1. The van der Waals surface area contributed by atoms with Crippen LogP contribution in [0, 0.1) is 0 Å². The summed E-state index contributed by atoms with van der Waals surface area (Å²) >= 11 is 0. The van der Waals surface area contributed by atoms with Gasteiger partial charge in [0.2, 0.25) is 0 Å². The number of aryl methyl sites for hydroxylation is 1. The zero-order valence-corrected chi connectivity index (χ0v) is 19.5. The van der Waals surface area contributed by atoms with Gasteiger partial charge in [0.25, 0.3) is 11.5 Å². The minimum Gasteiger partial charge on any atom is -0.374 e. The summed E-state index contributed by atoms with van der Waals surface area (Å²) in [6.45, 7) is 1.95. The smallest absolute Gasteiger partial charge is 0.374 e. The molecule has 0 aromatic heterocycles. The fourth-order valence-electron chi connectivity index (χ4n) is 4.74. The number of amides is 1. The van der Waals surface area contributed by atoms with Gasteiger partial charge in [-0.2, -0.15) is 13.2 Å². The Balaban J connectivity index is 1.38. The molecule has 0 spiro atoms. The molecule has 2 heterocycles. The van der Waals surface area contributed by atoms with Gasteiger partial charge in [-0.15, -0.1) is 0 Å². The molecule has 36 heavy (non-hydrogen) atoms. The van der Waals surface area contributed by atoms with Crippen LogP contribution in [0.3, 0.4) is 0 Å². The molecule has 5 nitrogen and oxygen atoms in total. The van der Waals surface area contributed by atoms with Crippen molar-refractivity contribution >= 4 is 23.1 Å². The predicted molar refractivity (Wildman–Crippen MR) is 129 cm³/mol. The fourth-order valence-corrected chi connectivity index (χ4v) is 4.74. The van der Waals surface area contributed by atoms with Gasteiger partial charge in [0, 0.05) is 35.3 Å². The lowest BCUT2D eigenvalue weighted by atomic mass is 9.86. The summed E-state index contributed by atoms with van der Waals surface area (Å²) in [6.07, 6.45) is -3.49. The van der Waals surface area contributed by atoms with Gasteiger partial charge in [-0.05, 0) is 49.1 Å². The van der Waals surface area contributed by atoms with E-state index in [4.69, 9.17) is 4.84 Å². The van der Waals surface area contributed by atoms with Crippen molar-refractivity contribution in [2.45, 2.75) is 38.0 Å². The minimum atomic E-state index is -4.74. The minimum absolute atomic E-state index is 0.130. The second kappa shape index (κ2) is 8.93. The number of oxime groups is 1. The molecule has 1 unspecified atom stereocenters. The molecule has 0 radical (unpaired) electrons. The maximum atomic E-state index is 14.2. The van der Waals surface area contributed by atoms with Gasteiger partial charge in [0.1, 0.15) is 0 Å². The first-order valence-corrected chi connectivity index (χ1v) is 11.6. The third-order valence-electron chi connectivity index (χ3n) is 6.76. The molecule has 1 amide bonds. The molecule has 0 saturated heterocycles. The van der Waals surface area contributed by atoms with Gasteiger partial charge in [-0.1, -0.05) is 59.8 Å². The molecular formula is C28H23F3N2O3. The summed E-state index contributed by atoms with van der Waals surface area (Å²) in [4.78, 5) is 31.5. The van der Waals surface area contributed by atoms with Crippen LogP contribution in [0.25, 0.3) is 0 Å². The van der Waals surface area contributed by atoms with Crippen LogP contribution in [-0.4, -0.2) is 30.1 Å². The second-order valence-corrected chi connectivity index (χ2v) is 9.03. The van der Waals surface area contributed by atoms with Crippen molar-refractivity contribution in [2.75, 3.05) is 11.4 Å². The van der Waals surface area contributed by atoms with E-state index < -0.39 is 18.2 Å². The summed E-state index contributed by atoms with van der Waals surface area (Å²) in [5, 5.41) is 3.79.